The summed E-state index contributed by atoms with van der Waals surface area (Å²) in [7, 11) is 3.14. The molecule has 0 aliphatic heterocycles. The van der Waals surface area contributed by atoms with Crippen LogP contribution in [0.15, 0.2) is 72.9 Å². The van der Waals surface area contributed by atoms with Gasteiger partial charge in [-0.2, -0.15) is 0 Å². The second-order valence-corrected chi connectivity index (χ2v) is 8.06. The van der Waals surface area contributed by atoms with Crippen LogP contribution in [0.4, 0.5) is 0 Å². The standard InChI is InChI=1S/C28H25NO6/c1-33-27-16-24-25(17-28(27)34-2)29-11-10-26(24)35-23-8-6-18(7-9-23)12-21(31)15-22(32)14-19-4-3-5-20(30)13-19/h3-11,13,16-17,30H,12,14-15H2,1-2H3. The average Bonchev–Trinajstić information content (AvgIpc) is 2.84. The van der Waals surface area contributed by atoms with Crippen LogP contribution in [0.25, 0.3) is 10.9 Å². The first-order chi connectivity index (χ1) is 16.9. The van der Waals surface area contributed by atoms with E-state index in [-0.39, 0.29) is 36.6 Å². The summed E-state index contributed by atoms with van der Waals surface area (Å²) in [6.45, 7) is 0. The highest BCUT2D eigenvalue weighted by Crippen LogP contribution is 2.36. The number of ketones is 2. The Morgan fingerprint density at radius 1 is 0.800 bits per heavy atom. The molecule has 35 heavy (non-hydrogen) atoms. The second kappa shape index (κ2) is 10.7. The van der Waals surface area contributed by atoms with Gasteiger partial charge in [0.2, 0.25) is 0 Å². The first-order valence-corrected chi connectivity index (χ1v) is 11.0. The van der Waals surface area contributed by atoms with Gasteiger partial charge in [0.05, 0.1) is 26.2 Å². The second-order valence-electron chi connectivity index (χ2n) is 8.06. The first kappa shape index (κ1) is 23.8. The van der Waals surface area contributed by atoms with Crippen LogP contribution in [0.1, 0.15) is 17.5 Å². The van der Waals surface area contributed by atoms with Crippen molar-refractivity contribution in [1.82, 2.24) is 4.98 Å². The maximum Gasteiger partial charge on any atom is 0.162 e. The van der Waals surface area contributed by atoms with Gasteiger partial charge in [0, 0.05) is 30.5 Å². The van der Waals surface area contributed by atoms with E-state index in [9.17, 15) is 14.7 Å². The van der Waals surface area contributed by atoms with Crippen molar-refractivity contribution in [3.63, 3.8) is 0 Å². The number of rotatable bonds is 10. The first-order valence-electron chi connectivity index (χ1n) is 11.0. The summed E-state index contributed by atoms with van der Waals surface area (Å²) in [5.41, 5.74) is 2.18. The SMILES string of the molecule is COc1cc2nccc(Oc3ccc(CC(=O)CC(=O)Cc4cccc(O)c4)cc3)c2cc1OC. The van der Waals surface area contributed by atoms with E-state index in [1.807, 2.05) is 6.07 Å². The molecule has 178 valence electrons. The van der Waals surface area contributed by atoms with Crippen LogP contribution < -0.4 is 14.2 Å². The lowest BCUT2D eigenvalue weighted by Gasteiger charge is -2.12. The van der Waals surface area contributed by atoms with E-state index in [1.54, 1.807) is 68.9 Å². The van der Waals surface area contributed by atoms with Gasteiger partial charge in [-0.15, -0.1) is 0 Å². The highest BCUT2D eigenvalue weighted by atomic mass is 16.5. The minimum Gasteiger partial charge on any atom is -0.508 e. The number of aromatic hydroxyl groups is 1. The zero-order valence-electron chi connectivity index (χ0n) is 19.5. The van der Waals surface area contributed by atoms with Crippen LogP contribution in [0.2, 0.25) is 0 Å². The monoisotopic (exact) mass is 471 g/mol. The van der Waals surface area contributed by atoms with E-state index in [2.05, 4.69) is 4.98 Å². The van der Waals surface area contributed by atoms with Gasteiger partial charge in [-0.05, 0) is 47.5 Å². The molecule has 1 aromatic heterocycles. The fraction of sp³-hybridized carbons (Fsp3) is 0.179. The molecule has 0 bridgehead atoms. The fourth-order valence-electron chi connectivity index (χ4n) is 3.81. The molecule has 0 unspecified atom stereocenters. The lowest BCUT2D eigenvalue weighted by atomic mass is 10.0. The topological polar surface area (TPSA) is 95.0 Å². The maximum absolute atomic E-state index is 12.4. The number of hydrogen-bond acceptors (Lipinski definition) is 7. The number of methoxy groups -OCH3 is 2. The maximum atomic E-state index is 12.4. The Hall–Kier alpha value is -4.39. The van der Waals surface area contributed by atoms with Crippen molar-refractivity contribution in [3.8, 4) is 28.7 Å². The van der Waals surface area contributed by atoms with Crippen LogP contribution >= 0.6 is 0 Å². The fourth-order valence-corrected chi connectivity index (χ4v) is 3.81. The van der Waals surface area contributed by atoms with Gasteiger partial charge in [-0.3, -0.25) is 14.6 Å². The van der Waals surface area contributed by atoms with Crippen LogP contribution in [0.5, 0.6) is 28.7 Å². The van der Waals surface area contributed by atoms with E-state index >= 15 is 0 Å². The molecule has 0 saturated heterocycles. The summed E-state index contributed by atoms with van der Waals surface area (Å²) in [6, 6.07) is 19.0. The molecule has 3 aromatic carbocycles. The Morgan fingerprint density at radius 3 is 2.17 bits per heavy atom. The minimum absolute atomic E-state index is 0.0996. The van der Waals surface area contributed by atoms with Gasteiger partial charge < -0.3 is 19.3 Å². The third kappa shape index (κ3) is 5.95. The van der Waals surface area contributed by atoms with E-state index in [0.29, 0.717) is 34.1 Å². The summed E-state index contributed by atoms with van der Waals surface area (Å²) in [6.07, 6.45) is 1.78. The zero-order valence-corrected chi connectivity index (χ0v) is 19.5. The molecule has 4 rings (SSSR count). The molecule has 0 aliphatic rings. The largest absolute Gasteiger partial charge is 0.508 e. The number of benzene rings is 3. The molecule has 0 amide bonds. The molecule has 7 heteroatoms. The molecule has 0 spiro atoms. The van der Waals surface area contributed by atoms with Gasteiger partial charge in [-0.1, -0.05) is 24.3 Å². The lowest BCUT2D eigenvalue weighted by Crippen LogP contribution is -2.12. The van der Waals surface area contributed by atoms with Gasteiger partial charge in [0.15, 0.2) is 11.5 Å². The number of ether oxygens (including phenoxy) is 3. The van der Waals surface area contributed by atoms with Crippen molar-refractivity contribution in [1.29, 1.82) is 0 Å². The summed E-state index contributed by atoms with van der Waals surface area (Å²) in [5.74, 6) is 2.12. The van der Waals surface area contributed by atoms with Crippen molar-refractivity contribution in [2.45, 2.75) is 19.3 Å². The van der Waals surface area contributed by atoms with Crippen molar-refractivity contribution in [2.24, 2.45) is 0 Å². The number of nitrogens with zero attached hydrogens (tertiary/aromatic N) is 1. The number of phenols is 1. The molecular formula is C28H25NO6. The van der Waals surface area contributed by atoms with E-state index < -0.39 is 0 Å². The molecule has 0 atom stereocenters. The van der Waals surface area contributed by atoms with E-state index in [4.69, 9.17) is 14.2 Å². The summed E-state index contributed by atoms with van der Waals surface area (Å²) in [4.78, 5) is 29.0. The minimum atomic E-state index is -0.183. The molecule has 0 fully saturated rings. The van der Waals surface area contributed by atoms with Gasteiger partial charge >= 0.3 is 0 Å². The summed E-state index contributed by atoms with van der Waals surface area (Å²) >= 11 is 0. The highest BCUT2D eigenvalue weighted by molar-refractivity contribution is 6.00. The van der Waals surface area contributed by atoms with Crippen molar-refractivity contribution < 1.29 is 28.9 Å². The average molecular weight is 472 g/mol. The van der Waals surface area contributed by atoms with Gasteiger partial charge in [0.25, 0.3) is 0 Å². The third-order valence-corrected chi connectivity index (χ3v) is 5.47. The number of carbonyl (C=O) groups excluding carboxylic acids is 2. The number of carbonyl (C=O) groups is 2. The number of Topliss-reactive ketones (excluding diaryl/α,β-unsaturated/α-hetero) is 2. The molecule has 0 radical (unpaired) electrons. The van der Waals surface area contributed by atoms with Crippen molar-refractivity contribution >= 4 is 22.5 Å². The molecule has 1 N–H and O–H groups in total. The van der Waals surface area contributed by atoms with Crippen LogP contribution in [-0.2, 0) is 22.4 Å². The number of fused-ring (bicyclic) bond motifs is 1. The third-order valence-electron chi connectivity index (χ3n) is 5.47. The predicted molar refractivity (Wildman–Crippen MR) is 132 cm³/mol. The van der Waals surface area contributed by atoms with Crippen molar-refractivity contribution in [3.05, 3.63) is 84.1 Å². The van der Waals surface area contributed by atoms with Crippen LogP contribution in [0, 0.1) is 0 Å². The molecule has 0 aliphatic carbocycles. The molecule has 7 nitrogen and oxygen atoms in total. The number of hydrogen-bond donors (Lipinski definition) is 1. The summed E-state index contributed by atoms with van der Waals surface area (Å²) < 4.78 is 16.8. The van der Waals surface area contributed by atoms with E-state index in [1.165, 1.54) is 12.1 Å². The summed E-state index contributed by atoms with van der Waals surface area (Å²) in [5, 5.41) is 10.3. The number of aromatic nitrogens is 1. The van der Waals surface area contributed by atoms with Crippen LogP contribution in [-0.4, -0.2) is 35.9 Å². The van der Waals surface area contributed by atoms with E-state index in [0.717, 1.165) is 10.9 Å². The Labute approximate surface area is 202 Å². The normalized spacial score (nSPS) is 10.7. The lowest BCUT2D eigenvalue weighted by molar-refractivity contribution is -0.126. The number of pyridine rings is 1. The molecule has 1 heterocycles. The van der Waals surface area contributed by atoms with Gasteiger partial charge in [0.1, 0.15) is 28.8 Å². The Balaban J connectivity index is 1.40. The quantitative estimate of drug-likeness (QED) is 0.323. The predicted octanol–water partition coefficient (Wildman–Crippen LogP) is 5.06. The number of phenolic OH excluding ortho intramolecular Hbond substituents is 1. The molecule has 0 saturated carbocycles. The van der Waals surface area contributed by atoms with Crippen molar-refractivity contribution in [2.75, 3.05) is 14.2 Å². The smallest absolute Gasteiger partial charge is 0.162 e. The molecular weight excluding hydrogens is 446 g/mol. The Kier molecular flexibility index (Phi) is 7.26. The Bertz CT molecular complexity index is 1360. The Morgan fingerprint density at radius 2 is 1.49 bits per heavy atom. The highest BCUT2D eigenvalue weighted by Gasteiger charge is 2.13. The van der Waals surface area contributed by atoms with Crippen LogP contribution in [0.3, 0.4) is 0 Å². The molecule has 4 aromatic rings. The zero-order chi connectivity index (χ0) is 24.8. The van der Waals surface area contributed by atoms with Gasteiger partial charge in [-0.25, -0.2) is 0 Å².